The molecule has 1 aromatic heterocycles. The van der Waals surface area contributed by atoms with Gasteiger partial charge in [0.15, 0.2) is 0 Å². The highest BCUT2D eigenvalue weighted by molar-refractivity contribution is 5.92. The van der Waals surface area contributed by atoms with Gasteiger partial charge in [0.1, 0.15) is 11.6 Å². The summed E-state index contributed by atoms with van der Waals surface area (Å²) in [6.07, 6.45) is 7.57. The Morgan fingerprint density at radius 1 is 1.24 bits per heavy atom. The zero-order chi connectivity index (χ0) is 17.5. The molecule has 1 aromatic carbocycles. The third kappa shape index (κ3) is 4.59. The van der Waals surface area contributed by atoms with Crippen LogP contribution in [0.15, 0.2) is 48.7 Å². The minimum atomic E-state index is -0.144. The summed E-state index contributed by atoms with van der Waals surface area (Å²) in [7, 11) is 1.62. The van der Waals surface area contributed by atoms with Crippen LogP contribution in [0, 0.1) is 0 Å². The first-order chi connectivity index (χ1) is 12.3. The molecule has 0 aliphatic carbocycles. The number of benzene rings is 1. The number of carbonyl (C=O) groups excluding carboxylic acids is 1. The Labute approximate surface area is 148 Å². The average molecular weight is 337 g/mol. The fraction of sp³-hybridized carbons (Fsp3) is 0.300. The number of methoxy groups -OCH3 is 1. The first kappa shape index (κ1) is 17.0. The Morgan fingerprint density at radius 3 is 2.76 bits per heavy atom. The van der Waals surface area contributed by atoms with E-state index in [4.69, 9.17) is 4.74 Å². The van der Waals surface area contributed by atoms with E-state index in [1.165, 1.54) is 18.9 Å². The fourth-order valence-corrected chi connectivity index (χ4v) is 2.87. The number of nitrogens with zero attached hydrogens (tertiary/aromatic N) is 2. The molecule has 0 unspecified atom stereocenters. The van der Waals surface area contributed by atoms with Gasteiger partial charge in [0, 0.05) is 37.5 Å². The highest BCUT2D eigenvalue weighted by atomic mass is 16.5. The van der Waals surface area contributed by atoms with Crippen molar-refractivity contribution < 1.29 is 9.53 Å². The summed E-state index contributed by atoms with van der Waals surface area (Å²) in [5.41, 5.74) is 1.86. The molecule has 3 rings (SSSR count). The zero-order valence-electron chi connectivity index (χ0n) is 14.4. The minimum Gasteiger partial charge on any atom is -0.496 e. The maximum Gasteiger partial charge on any atom is 0.244 e. The number of carbonyl (C=O) groups is 1. The molecule has 0 spiro atoms. The van der Waals surface area contributed by atoms with E-state index < -0.39 is 0 Å². The molecule has 0 radical (unpaired) electrons. The summed E-state index contributed by atoms with van der Waals surface area (Å²) in [5, 5.41) is 2.88. The number of nitrogens with one attached hydrogen (secondary N) is 1. The molecule has 2 aromatic rings. The van der Waals surface area contributed by atoms with Crippen molar-refractivity contribution in [1.29, 1.82) is 0 Å². The molecule has 1 N–H and O–H groups in total. The second kappa shape index (κ2) is 8.33. The van der Waals surface area contributed by atoms with E-state index in [2.05, 4.69) is 15.2 Å². The van der Waals surface area contributed by atoms with Crippen LogP contribution < -0.4 is 15.0 Å². The van der Waals surface area contributed by atoms with E-state index in [1.54, 1.807) is 13.2 Å². The van der Waals surface area contributed by atoms with Gasteiger partial charge >= 0.3 is 0 Å². The number of anilines is 1. The van der Waals surface area contributed by atoms with Gasteiger partial charge in [-0.05, 0) is 36.6 Å². The van der Waals surface area contributed by atoms with Gasteiger partial charge in [-0.25, -0.2) is 4.98 Å². The van der Waals surface area contributed by atoms with E-state index in [1.807, 2.05) is 42.6 Å². The Hall–Kier alpha value is -2.82. The normalized spacial score (nSPS) is 14.0. The molecule has 5 heteroatoms. The molecule has 1 amide bonds. The van der Waals surface area contributed by atoms with Crippen molar-refractivity contribution in [2.75, 3.05) is 25.1 Å². The maximum absolute atomic E-state index is 12.0. The Balaban J connectivity index is 1.52. The van der Waals surface area contributed by atoms with Crippen molar-refractivity contribution in [3.8, 4) is 5.75 Å². The maximum atomic E-state index is 12.0. The van der Waals surface area contributed by atoms with Crippen LogP contribution >= 0.6 is 0 Å². The number of para-hydroxylation sites is 1. The number of aromatic nitrogens is 1. The Kier molecular flexibility index (Phi) is 5.67. The molecular formula is C20H23N3O2. The molecule has 1 fully saturated rings. The first-order valence-corrected chi connectivity index (χ1v) is 8.55. The number of pyridine rings is 1. The number of hydrogen-bond acceptors (Lipinski definition) is 4. The van der Waals surface area contributed by atoms with Crippen LogP contribution in [-0.2, 0) is 11.3 Å². The summed E-state index contributed by atoms with van der Waals surface area (Å²) in [4.78, 5) is 18.8. The molecular weight excluding hydrogens is 314 g/mol. The van der Waals surface area contributed by atoms with Crippen LogP contribution in [0.5, 0.6) is 5.75 Å². The molecule has 2 heterocycles. The van der Waals surface area contributed by atoms with Crippen LogP contribution in [0.3, 0.4) is 0 Å². The monoisotopic (exact) mass is 337 g/mol. The van der Waals surface area contributed by atoms with Crippen molar-refractivity contribution in [1.82, 2.24) is 10.3 Å². The summed E-state index contributed by atoms with van der Waals surface area (Å²) < 4.78 is 5.27. The Bertz CT molecular complexity index is 735. The molecule has 130 valence electrons. The zero-order valence-corrected chi connectivity index (χ0v) is 14.4. The quantitative estimate of drug-likeness (QED) is 0.823. The lowest BCUT2D eigenvalue weighted by molar-refractivity contribution is -0.116. The van der Waals surface area contributed by atoms with Crippen molar-refractivity contribution in [3.63, 3.8) is 0 Å². The standard InChI is InChI=1S/C20H23N3O2/c1-25-18-7-3-2-6-17(18)9-11-20(24)22-15-16-8-10-19(21-14-16)23-12-4-5-13-23/h2-3,6-11,14H,4-5,12-13,15H2,1H3,(H,22,24)/b11-9+. The third-order valence-electron chi connectivity index (χ3n) is 4.26. The van der Waals surface area contributed by atoms with Gasteiger partial charge in [0.05, 0.1) is 7.11 Å². The highest BCUT2D eigenvalue weighted by Crippen LogP contribution is 2.19. The van der Waals surface area contributed by atoms with Crippen molar-refractivity contribution in [2.45, 2.75) is 19.4 Å². The second-order valence-corrected chi connectivity index (χ2v) is 6.01. The number of amides is 1. The van der Waals surface area contributed by atoms with Crippen LogP contribution in [0.2, 0.25) is 0 Å². The molecule has 1 aliphatic rings. The summed E-state index contributed by atoms with van der Waals surface area (Å²) in [6, 6.07) is 11.6. The molecule has 0 saturated carbocycles. The van der Waals surface area contributed by atoms with E-state index in [0.29, 0.717) is 6.54 Å². The average Bonchev–Trinajstić information content (AvgIpc) is 3.20. The largest absolute Gasteiger partial charge is 0.496 e. The van der Waals surface area contributed by atoms with Crippen molar-refractivity contribution in [2.24, 2.45) is 0 Å². The molecule has 0 bridgehead atoms. The van der Waals surface area contributed by atoms with Gasteiger partial charge < -0.3 is 15.0 Å². The molecule has 1 saturated heterocycles. The fourth-order valence-electron chi connectivity index (χ4n) is 2.87. The molecule has 0 atom stereocenters. The first-order valence-electron chi connectivity index (χ1n) is 8.55. The molecule has 25 heavy (non-hydrogen) atoms. The van der Waals surface area contributed by atoms with Gasteiger partial charge in [0.25, 0.3) is 0 Å². The predicted molar refractivity (Wildman–Crippen MR) is 99.6 cm³/mol. The number of rotatable bonds is 6. The predicted octanol–water partition coefficient (Wildman–Crippen LogP) is 3.02. The Morgan fingerprint density at radius 2 is 2.04 bits per heavy atom. The number of ether oxygens (including phenoxy) is 1. The van der Waals surface area contributed by atoms with E-state index in [9.17, 15) is 4.79 Å². The van der Waals surface area contributed by atoms with Crippen LogP contribution in [-0.4, -0.2) is 31.1 Å². The highest BCUT2D eigenvalue weighted by Gasteiger charge is 2.12. The smallest absolute Gasteiger partial charge is 0.244 e. The summed E-state index contributed by atoms with van der Waals surface area (Å²) >= 11 is 0. The van der Waals surface area contributed by atoms with Crippen molar-refractivity contribution >= 4 is 17.8 Å². The van der Waals surface area contributed by atoms with Gasteiger partial charge in [-0.3, -0.25) is 4.79 Å². The SMILES string of the molecule is COc1ccccc1/C=C/C(=O)NCc1ccc(N2CCCC2)nc1. The molecule has 1 aliphatic heterocycles. The van der Waals surface area contributed by atoms with Crippen molar-refractivity contribution in [3.05, 3.63) is 59.8 Å². The second-order valence-electron chi connectivity index (χ2n) is 6.01. The van der Waals surface area contributed by atoms with Gasteiger partial charge in [-0.1, -0.05) is 24.3 Å². The van der Waals surface area contributed by atoms with Gasteiger partial charge in [0.2, 0.25) is 5.91 Å². The summed E-state index contributed by atoms with van der Waals surface area (Å²) in [6.45, 7) is 2.62. The minimum absolute atomic E-state index is 0.144. The van der Waals surface area contributed by atoms with E-state index >= 15 is 0 Å². The van der Waals surface area contributed by atoms with E-state index in [-0.39, 0.29) is 5.91 Å². The molecule has 5 nitrogen and oxygen atoms in total. The van der Waals surface area contributed by atoms with Gasteiger partial charge in [-0.2, -0.15) is 0 Å². The topological polar surface area (TPSA) is 54.5 Å². The van der Waals surface area contributed by atoms with Crippen LogP contribution in [0.1, 0.15) is 24.0 Å². The summed E-state index contributed by atoms with van der Waals surface area (Å²) in [5.74, 6) is 1.62. The van der Waals surface area contributed by atoms with Gasteiger partial charge in [-0.15, -0.1) is 0 Å². The lowest BCUT2D eigenvalue weighted by Crippen LogP contribution is -2.21. The van der Waals surface area contributed by atoms with E-state index in [0.717, 1.165) is 35.8 Å². The van der Waals surface area contributed by atoms with Crippen LogP contribution in [0.4, 0.5) is 5.82 Å². The lowest BCUT2D eigenvalue weighted by atomic mass is 10.2. The van der Waals surface area contributed by atoms with Crippen LogP contribution in [0.25, 0.3) is 6.08 Å². The lowest BCUT2D eigenvalue weighted by Gasteiger charge is -2.16. The number of hydrogen-bond donors (Lipinski definition) is 1. The third-order valence-corrected chi connectivity index (χ3v) is 4.26.